The van der Waals surface area contributed by atoms with Gasteiger partial charge in [0.2, 0.25) is 5.88 Å². The minimum atomic E-state index is -0.00912. The average Bonchev–Trinajstić information content (AvgIpc) is 2.32. The van der Waals surface area contributed by atoms with Gasteiger partial charge in [-0.3, -0.25) is 0 Å². The summed E-state index contributed by atoms with van der Waals surface area (Å²) in [7, 11) is 0. The number of pyridine rings is 1. The van der Waals surface area contributed by atoms with Crippen LogP contribution in [0.5, 0.6) is 5.88 Å². The Bertz CT molecular complexity index is 439. The fourth-order valence-corrected chi connectivity index (χ4v) is 2.12. The van der Waals surface area contributed by atoms with E-state index in [4.69, 9.17) is 15.7 Å². The van der Waals surface area contributed by atoms with Gasteiger partial charge in [-0.2, -0.15) is 5.26 Å². The van der Waals surface area contributed by atoms with Crippen LogP contribution in [0.4, 0.5) is 0 Å². The smallest absolute Gasteiger partial charge is 0.232 e. The normalized spacial score (nSPS) is 24.1. The van der Waals surface area contributed by atoms with Crippen LogP contribution in [0.1, 0.15) is 36.9 Å². The number of hydrogen-bond donors (Lipinski definition) is 1. The van der Waals surface area contributed by atoms with Crippen molar-refractivity contribution in [2.45, 2.75) is 44.8 Å². The van der Waals surface area contributed by atoms with Gasteiger partial charge in [0.25, 0.3) is 0 Å². The Morgan fingerprint density at radius 2 is 2.18 bits per heavy atom. The summed E-state index contributed by atoms with van der Waals surface area (Å²) in [5.41, 5.74) is 7.35. The zero-order chi connectivity index (χ0) is 12.3. The van der Waals surface area contributed by atoms with Crippen LogP contribution in [0.3, 0.4) is 0 Å². The van der Waals surface area contributed by atoms with Crippen molar-refractivity contribution in [2.75, 3.05) is 0 Å². The maximum Gasteiger partial charge on any atom is 0.232 e. The molecule has 1 saturated carbocycles. The van der Waals surface area contributed by atoms with Crippen LogP contribution < -0.4 is 10.5 Å². The molecule has 0 amide bonds. The fourth-order valence-electron chi connectivity index (χ4n) is 2.12. The van der Waals surface area contributed by atoms with E-state index < -0.39 is 0 Å². The van der Waals surface area contributed by atoms with E-state index >= 15 is 0 Å². The Balaban J connectivity index is 2.17. The zero-order valence-electron chi connectivity index (χ0n) is 10.0. The lowest BCUT2D eigenvalue weighted by molar-refractivity contribution is 0.126. The predicted octanol–water partition coefficient (Wildman–Crippen LogP) is 1.91. The molecule has 1 heterocycles. The summed E-state index contributed by atoms with van der Waals surface area (Å²) < 4.78 is 5.81. The maximum atomic E-state index is 9.00. The molecule has 2 atom stereocenters. The summed E-state index contributed by atoms with van der Waals surface area (Å²) in [5.74, 6) is 0.426. The van der Waals surface area contributed by atoms with Gasteiger partial charge in [0.15, 0.2) is 0 Å². The SMILES string of the molecule is Cc1ccc(C#N)c(OC2CCCCC2N)n1. The second-order valence-electron chi connectivity index (χ2n) is 4.52. The van der Waals surface area contributed by atoms with E-state index in [1.807, 2.05) is 13.0 Å². The van der Waals surface area contributed by atoms with E-state index in [-0.39, 0.29) is 12.1 Å². The lowest BCUT2D eigenvalue weighted by Gasteiger charge is -2.28. The van der Waals surface area contributed by atoms with Gasteiger partial charge in [-0.05, 0) is 38.3 Å². The van der Waals surface area contributed by atoms with Gasteiger partial charge in [-0.15, -0.1) is 0 Å². The molecule has 1 aliphatic carbocycles. The van der Waals surface area contributed by atoms with Crippen molar-refractivity contribution < 1.29 is 4.74 Å². The van der Waals surface area contributed by atoms with Gasteiger partial charge < -0.3 is 10.5 Å². The summed E-state index contributed by atoms with van der Waals surface area (Å²) in [6.07, 6.45) is 4.21. The summed E-state index contributed by atoms with van der Waals surface area (Å²) in [4.78, 5) is 4.27. The van der Waals surface area contributed by atoms with E-state index in [2.05, 4.69) is 11.1 Å². The number of aromatic nitrogens is 1. The molecule has 0 aromatic carbocycles. The van der Waals surface area contributed by atoms with E-state index in [0.29, 0.717) is 11.4 Å². The molecule has 1 fully saturated rings. The highest BCUT2D eigenvalue weighted by Crippen LogP contribution is 2.24. The van der Waals surface area contributed by atoms with Gasteiger partial charge >= 0.3 is 0 Å². The van der Waals surface area contributed by atoms with Gasteiger partial charge in [0.1, 0.15) is 17.7 Å². The number of nitrogens with zero attached hydrogens (tertiary/aromatic N) is 2. The van der Waals surface area contributed by atoms with Gasteiger partial charge in [0, 0.05) is 11.7 Å². The highest BCUT2D eigenvalue weighted by atomic mass is 16.5. The number of rotatable bonds is 2. The van der Waals surface area contributed by atoms with Gasteiger partial charge in [-0.1, -0.05) is 6.42 Å². The molecule has 0 aliphatic heterocycles. The molecule has 17 heavy (non-hydrogen) atoms. The lowest BCUT2D eigenvalue weighted by atomic mass is 9.93. The maximum absolute atomic E-state index is 9.00. The predicted molar refractivity (Wildman–Crippen MR) is 64.5 cm³/mol. The molecule has 0 spiro atoms. The fraction of sp³-hybridized carbons (Fsp3) is 0.538. The van der Waals surface area contributed by atoms with Crippen LogP contribution in [0, 0.1) is 18.3 Å². The first kappa shape index (κ1) is 11.9. The summed E-state index contributed by atoms with van der Waals surface area (Å²) >= 11 is 0. The second-order valence-corrected chi connectivity index (χ2v) is 4.52. The van der Waals surface area contributed by atoms with Crippen molar-refractivity contribution in [3.8, 4) is 11.9 Å². The quantitative estimate of drug-likeness (QED) is 0.843. The molecule has 90 valence electrons. The Morgan fingerprint density at radius 3 is 2.88 bits per heavy atom. The Morgan fingerprint density at radius 1 is 1.41 bits per heavy atom. The first-order valence-corrected chi connectivity index (χ1v) is 6.00. The summed E-state index contributed by atoms with van der Waals surface area (Å²) in [6.45, 7) is 1.88. The molecular formula is C13H17N3O. The van der Waals surface area contributed by atoms with Crippen LogP contribution in [0.15, 0.2) is 12.1 Å². The zero-order valence-corrected chi connectivity index (χ0v) is 10.0. The van der Waals surface area contributed by atoms with Crippen molar-refractivity contribution >= 4 is 0 Å². The molecule has 0 radical (unpaired) electrons. The molecule has 4 heteroatoms. The lowest BCUT2D eigenvalue weighted by Crippen LogP contribution is -2.41. The van der Waals surface area contributed by atoms with Crippen LogP contribution in [-0.2, 0) is 0 Å². The minimum absolute atomic E-state index is 0.00912. The first-order valence-electron chi connectivity index (χ1n) is 6.00. The number of aryl methyl sites for hydroxylation is 1. The molecule has 0 bridgehead atoms. The van der Waals surface area contributed by atoms with Crippen molar-refractivity contribution in [2.24, 2.45) is 5.73 Å². The number of nitriles is 1. The van der Waals surface area contributed by atoms with E-state index in [1.165, 1.54) is 0 Å². The monoisotopic (exact) mass is 231 g/mol. The second kappa shape index (κ2) is 5.15. The average molecular weight is 231 g/mol. The number of nitrogens with two attached hydrogens (primary N) is 1. The van der Waals surface area contributed by atoms with Crippen LogP contribution in [-0.4, -0.2) is 17.1 Å². The van der Waals surface area contributed by atoms with E-state index in [0.717, 1.165) is 31.4 Å². The molecule has 1 aromatic heterocycles. The molecule has 2 rings (SSSR count). The van der Waals surface area contributed by atoms with Crippen molar-refractivity contribution in [3.05, 3.63) is 23.4 Å². The number of ether oxygens (including phenoxy) is 1. The highest BCUT2D eigenvalue weighted by Gasteiger charge is 2.24. The minimum Gasteiger partial charge on any atom is -0.472 e. The third-order valence-corrected chi connectivity index (χ3v) is 3.14. The van der Waals surface area contributed by atoms with E-state index in [1.54, 1.807) is 6.07 Å². The third-order valence-electron chi connectivity index (χ3n) is 3.14. The Labute approximate surface area is 101 Å². The van der Waals surface area contributed by atoms with Crippen LogP contribution >= 0.6 is 0 Å². The number of hydrogen-bond acceptors (Lipinski definition) is 4. The molecule has 1 aromatic rings. The van der Waals surface area contributed by atoms with Crippen molar-refractivity contribution in [1.29, 1.82) is 5.26 Å². The third kappa shape index (κ3) is 2.75. The largest absolute Gasteiger partial charge is 0.472 e. The molecule has 2 unspecified atom stereocenters. The van der Waals surface area contributed by atoms with E-state index in [9.17, 15) is 0 Å². The van der Waals surface area contributed by atoms with Crippen molar-refractivity contribution in [3.63, 3.8) is 0 Å². The Kier molecular flexibility index (Phi) is 3.60. The topological polar surface area (TPSA) is 71.9 Å². The molecule has 4 nitrogen and oxygen atoms in total. The molecular weight excluding hydrogens is 214 g/mol. The molecule has 0 saturated heterocycles. The highest BCUT2D eigenvalue weighted by molar-refractivity contribution is 5.38. The molecule has 1 aliphatic rings. The van der Waals surface area contributed by atoms with Gasteiger partial charge in [-0.25, -0.2) is 4.98 Å². The molecule has 2 N–H and O–H groups in total. The van der Waals surface area contributed by atoms with Crippen LogP contribution in [0.2, 0.25) is 0 Å². The standard InChI is InChI=1S/C13H17N3O/c1-9-6-7-10(8-14)13(16-9)17-12-5-3-2-4-11(12)15/h6-7,11-12H,2-5,15H2,1H3. The Hall–Kier alpha value is -1.60. The summed E-state index contributed by atoms with van der Waals surface area (Å²) in [5, 5.41) is 9.00. The van der Waals surface area contributed by atoms with Gasteiger partial charge in [0.05, 0.1) is 0 Å². The summed E-state index contributed by atoms with van der Waals surface area (Å²) in [6, 6.07) is 5.71. The van der Waals surface area contributed by atoms with Crippen LogP contribution in [0.25, 0.3) is 0 Å². The van der Waals surface area contributed by atoms with Crippen molar-refractivity contribution in [1.82, 2.24) is 4.98 Å². The first-order chi connectivity index (χ1) is 8.20.